The fraction of sp³-hybridized carbons (Fsp3) is 0.176. The number of carbonyl (C=O) groups excluding carboxylic acids is 1. The van der Waals surface area contributed by atoms with E-state index in [4.69, 9.17) is 4.74 Å². The summed E-state index contributed by atoms with van der Waals surface area (Å²) in [5.74, 6) is 0.267. The first-order valence-electron chi connectivity index (χ1n) is 7.38. The maximum atomic E-state index is 13.0. The number of nitrogens with one attached hydrogen (secondary N) is 2. The van der Waals surface area contributed by atoms with Gasteiger partial charge in [0.15, 0.2) is 6.61 Å². The second-order valence-corrected chi connectivity index (χ2v) is 5.40. The predicted molar refractivity (Wildman–Crippen MR) is 87.8 cm³/mol. The number of fused-ring (bicyclic) bond motifs is 1. The third-order valence-corrected chi connectivity index (χ3v) is 3.61. The lowest BCUT2D eigenvalue weighted by molar-refractivity contribution is -0.137. The quantitative estimate of drug-likeness (QED) is 0.653. The Kier molecular flexibility index (Phi) is 4.35. The zero-order chi connectivity index (χ0) is 18.0. The highest BCUT2D eigenvalue weighted by Crippen LogP contribution is 2.34. The molecule has 0 saturated carbocycles. The lowest BCUT2D eigenvalue weighted by Crippen LogP contribution is -2.25. The summed E-state index contributed by atoms with van der Waals surface area (Å²) in [7, 11) is 0. The Hall–Kier alpha value is -3.03. The second-order valence-electron chi connectivity index (χ2n) is 5.40. The van der Waals surface area contributed by atoms with E-state index in [1.807, 2.05) is 0 Å². The van der Waals surface area contributed by atoms with Crippen molar-refractivity contribution in [2.24, 2.45) is 5.10 Å². The lowest BCUT2D eigenvalue weighted by Gasteiger charge is -2.18. The highest BCUT2D eigenvalue weighted by molar-refractivity contribution is 6.02. The van der Waals surface area contributed by atoms with Crippen molar-refractivity contribution in [1.29, 1.82) is 0 Å². The predicted octanol–water partition coefficient (Wildman–Crippen LogP) is 3.87. The summed E-state index contributed by atoms with van der Waals surface area (Å²) in [5.41, 5.74) is 3.12. The van der Waals surface area contributed by atoms with Gasteiger partial charge in [0.2, 0.25) is 0 Å². The van der Waals surface area contributed by atoms with Gasteiger partial charge in [0, 0.05) is 0 Å². The minimum Gasteiger partial charge on any atom is -0.482 e. The van der Waals surface area contributed by atoms with Crippen LogP contribution in [0.2, 0.25) is 0 Å². The largest absolute Gasteiger partial charge is 0.482 e. The van der Waals surface area contributed by atoms with Gasteiger partial charge in [0.25, 0.3) is 5.91 Å². The van der Waals surface area contributed by atoms with Gasteiger partial charge in [-0.05, 0) is 42.8 Å². The molecule has 0 unspecified atom stereocenters. The number of alkyl halides is 3. The highest BCUT2D eigenvalue weighted by atomic mass is 19.4. The van der Waals surface area contributed by atoms with Gasteiger partial charge in [-0.1, -0.05) is 12.1 Å². The summed E-state index contributed by atoms with van der Waals surface area (Å²) in [6.45, 7) is 1.60. The van der Waals surface area contributed by atoms with Crippen molar-refractivity contribution in [3.05, 3.63) is 53.6 Å². The Bertz CT molecular complexity index is 847. The maximum Gasteiger partial charge on any atom is 0.418 e. The van der Waals surface area contributed by atoms with Crippen LogP contribution in [0.5, 0.6) is 5.75 Å². The Morgan fingerprint density at radius 3 is 2.76 bits per heavy atom. The number of rotatable bonds is 3. The number of nitrogens with zero attached hydrogens (tertiary/aromatic N) is 1. The molecule has 0 saturated heterocycles. The molecule has 2 N–H and O–H groups in total. The molecule has 1 aliphatic rings. The number of amides is 1. The average Bonchev–Trinajstić information content (AvgIpc) is 2.58. The highest BCUT2D eigenvalue weighted by Gasteiger charge is 2.33. The van der Waals surface area contributed by atoms with Crippen LogP contribution in [0.1, 0.15) is 18.1 Å². The summed E-state index contributed by atoms with van der Waals surface area (Å²) in [5, 5.41) is 6.69. The van der Waals surface area contributed by atoms with Gasteiger partial charge < -0.3 is 10.1 Å². The Labute approximate surface area is 141 Å². The molecule has 2 aromatic rings. The SMILES string of the molecule is C/C(=N\Nc1ccccc1C(F)(F)F)c1ccc2c(c1)NC(=O)CO2. The third kappa shape index (κ3) is 3.73. The van der Waals surface area contributed by atoms with E-state index in [-0.39, 0.29) is 18.2 Å². The zero-order valence-corrected chi connectivity index (χ0v) is 13.1. The Morgan fingerprint density at radius 1 is 1.24 bits per heavy atom. The van der Waals surface area contributed by atoms with Crippen molar-refractivity contribution < 1.29 is 22.7 Å². The molecule has 130 valence electrons. The maximum absolute atomic E-state index is 13.0. The summed E-state index contributed by atoms with van der Waals surface area (Å²) >= 11 is 0. The molecule has 0 fully saturated rings. The molecule has 2 aromatic carbocycles. The Balaban J connectivity index is 1.84. The number of halogens is 3. The topological polar surface area (TPSA) is 62.7 Å². The fourth-order valence-corrected chi connectivity index (χ4v) is 2.34. The standard InChI is InChI=1S/C17H14F3N3O2/c1-10(11-6-7-15-14(8-11)21-16(24)9-25-15)22-23-13-5-3-2-4-12(13)17(18,19)20/h2-8,23H,9H2,1H3,(H,21,24)/b22-10+. The third-order valence-electron chi connectivity index (χ3n) is 3.61. The van der Waals surface area contributed by atoms with Gasteiger partial charge in [0.05, 0.1) is 22.6 Å². The summed E-state index contributed by atoms with van der Waals surface area (Å²) in [4.78, 5) is 11.4. The number of ether oxygens (including phenoxy) is 1. The molecular formula is C17H14F3N3O2. The van der Waals surface area contributed by atoms with Gasteiger partial charge >= 0.3 is 6.18 Å². The van der Waals surface area contributed by atoms with E-state index < -0.39 is 11.7 Å². The lowest BCUT2D eigenvalue weighted by atomic mass is 10.1. The molecule has 5 nitrogen and oxygen atoms in total. The summed E-state index contributed by atoms with van der Waals surface area (Å²) in [6.07, 6.45) is -4.47. The van der Waals surface area contributed by atoms with E-state index in [0.717, 1.165) is 6.07 Å². The van der Waals surface area contributed by atoms with Crippen LogP contribution in [-0.4, -0.2) is 18.2 Å². The van der Waals surface area contributed by atoms with Gasteiger partial charge in [-0.15, -0.1) is 0 Å². The first kappa shape index (κ1) is 16.8. The van der Waals surface area contributed by atoms with Crippen LogP contribution in [-0.2, 0) is 11.0 Å². The number of benzene rings is 2. The molecule has 0 atom stereocenters. The van der Waals surface area contributed by atoms with E-state index in [0.29, 0.717) is 22.7 Å². The fourth-order valence-electron chi connectivity index (χ4n) is 2.34. The number of anilines is 2. The molecule has 1 aliphatic heterocycles. The molecule has 1 heterocycles. The minimum atomic E-state index is -4.47. The molecule has 25 heavy (non-hydrogen) atoms. The first-order chi connectivity index (χ1) is 11.8. The van der Waals surface area contributed by atoms with Crippen LogP contribution in [0.3, 0.4) is 0 Å². The van der Waals surface area contributed by atoms with Crippen LogP contribution in [0.25, 0.3) is 0 Å². The van der Waals surface area contributed by atoms with Crippen molar-refractivity contribution >= 4 is 23.0 Å². The number of hydrogen-bond donors (Lipinski definition) is 2. The van der Waals surface area contributed by atoms with Crippen molar-refractivity contribution in [1.82, 2.24) is 0 Å². The monoisotopic (exact) mass is 349 g/mol. The molecule has 0 aliphatic carbocycles. The molecule has 0 spiro atoms. The Morgan fingerprint density at radius 2 is 2.00 bits per heavy atom. The molecule has 0 aromatic heterocycles. The van der Waals surface area contributed by atoms with Gasteiger partial charge in [0.1, 0.15) is 5.75 Å². The second kappa shape index (κ2) is 6.46. The van der Waals surface area contributed by atoms with Crippen LogP contribution < -0.4 is 15.5 Å². The normalized spacial score (nSPS) is 14.4. The number of para-hydroxylation sites is 1. The van der Waals surface area contributed by atoms with Crippen molar-refractivity contribution in [2.75, 3.05) is 17.3 Å². The molecule has 0 bridgehead atoms. The van der Waals surface area contributed by atoms with Crippen LogP contribution in [0.15, 0.2) is 47.6 Å². The average molecular weight is 349 g/mol. The number of hydrazone groups is 1. The molecule has 3 rings (SSSR count). The minimum absolute atomic E-state index is 0.0464. The van der Waals surface area contributed by atoms with Crippen molar-refractivity contribution in [3.8, 4) is 5.75 Å². The number of hydrogen-bond acceptors (Lipinski definition) is 4. The summed E-state index contributed by atoms with van der Waals surface area (Å²) < 4.78 is 44.2. The van der Waals surface area contributed by atoms with Gasteiger partial charge in [-0.3, -0.25) is 10.2 Å². The van der Waals surface area contributed by atoms with E-state index in [1.54, 1.807) is 25.1 Å². The van der Waals surface area contributed by atoms with E-state index in [2.05, 4.69) is 15.8 Å². The van der Waals surface area contributed by atoms with E-state index in [1.165, 1.54) is 18.2 Å². The summed E-state index contributed by atoms with van der Waals surface area (Å²) in [6, 6.07) is 10.1. The van der Waals surface area contributed by atoms with Crippen LogP contribution in [0, 0.1) is 0 Å². The van der Waals surface area contributed by atoms with Gasteiger partial charge in [-0.25, -0.2) is 0 Å². The van der Waals surface area contributed by atoms with Crippen LogP contribution >= 0.6 is 0 Å². The molecular weight excluding hydrogens is 335 g/mol. The first-order valence-corrected chi connectivity index (χ1v) is 7.38. The van der Waals surface area contributed by atoms with E-state index in [9.17, 15) is 18.0 Å². The molecule has 8 heteroatoms. The molecule has 1 amide bonds. The smallest absolute Gasteiger partial charge is 0.418 e. The zero-order valence-electron chi connectivity index (χ0n) is 13.1. The van der Waals surface area contributed by atoms with Crippen molar-refractivity contribution in [2.45, 2.75) is 13.1 Å². The van der Waals surface area contributed by atoms with Crippen LogP contribution in [0.4, 0.5) is 24.5 Å². The van der Waals surface area contributed by atoms with Crippen molar-refractivity contribution in [3.63, 3.8) is 0 Å². The molecule has 0 radical (unpaired) electrons. The van der Waals surface area contributed by atoms with E-state index >= 15 is 0 Å². The number of carbonyl (C=O) groups is 1. The van der Waals surface area contributed by atoms with Gasteiger partial charge in [-0.2, -0.15) is 18.3 Å².